The molecule has 0 atom stereocenters. The van der Waals surface area contributed by atoms with Crippen LogP contribution in [0.1, 0.15) is 6.42 Å². The molecule has 0 aromatic heterocycles. The number of thiol groups is 2. The summed E-state index contributed by atoms with van der Waals surface area (Å²) in [5.41, 5.74) is 0. The zero-order chi connectivity index (χ0) is 13.3. The lowest BCUT2D eigenvalue weighted by Gasteiger charge is -2.25. The highest BCUT2D eigenvalue weighted by Gasteiger charge is 2.08. The van der Waals surface area contributed by atoms with E-state index in [0.29, 0.717) is 34.8 Å². The summed E-state index contributed by atoms with van der Waals surface area (Å²) in [6.07, 6.45) is 0.807. The SMILES string of the molecule is OCCN(CCCN(CCO)C(=S)S)C(=S)S. The minimum atomic E-state index is 0.0477. The smallest absolute Gasteiger partial charge is 0.133 e. The molecular weight excluding hydrogens is 296 g/mol. The Morgan fingerprint density at radius 3 is 1.41 bits per heavy atom. The second-order valence-corrected chi connectivity index (χ2v) is 5.57. The normalized spacial score (nSPS) is 10.1. The molecule has 0 heterocycles. The third-order valence-electron chi connectivity index (χ3n) is 2.14. The molecule has 0 saturated carbocycles. The first kappa shape index (κ1) is 17.4. The van der Waals surface area contributed by atoms with Crippen LogP contribution in [0.5, 0.6) is 0 Å². The van der Waals surface area contributed by atoms with Gasteiger partial charge in [0, 0.05) is 26.2 Å². The van der Waals surface area contributed by atoms with Crippen molar-refractivity contribution in [2.24, 2.45) is 0 Å². The molecule has 0 aliphatic rings. The third-order valence-corrected chi connectivity index (χ3v) is 3.22. The summed E-state index contributed by atoms with van der Waals surface area (Å²) in [4.78, 5) is 3.63. The summed E-state index contributed by atoms with van der Waals surface area (Å²) >= 11 is 18.1. The van der Waals surface area contributed by atoms with Crippen LogP contribution in [0.2, 0.25) is 0 Å². The van der Waals surface area contributed by atoms with Gasteiger partial charge in [0.05, 0.1) is 13.2 Å². The van der Waals surface area contributed by atoms with E-state index in [0.717, 1.165) is 6.42 Å². The van der Waals surface area contributed by atoms with Gasteiger partial charge in [-0.05, 0) is 6.42 Å². The van der Waals surface area contributed by atoms with Crippen LogP contribution in [0.3, 0.4) is 0 Å². The molecule has 17 heavy (non-hydrogen) atoms. The molecule has 0 amide bonds. The van der Waals surface area contributed by atoms with E-state index in [4.69, 9.17) is 34.6 Å². The van der Waals surface area contributed by atoms with Gasteiger partial charge in [0.1, 0.15) is 8.64 Å². The highest BCUT2D eigenvalue weighted by molar-refractivity contribution is 8.11. The van der Waals surface area contributed by atoms with E-state index in [2.05, 4.69) is 25.3 Å². The van der Waals surface area contributed by atoms with Gasteiger partial charge in [0.15, 0.2) is 0 Å². The van der Waals surface area contributed by atoms with Crippen LogP contribution in [-0.2, 0) is 0 Å². The molecule has 0 aromatic carbocycles. The summed E-state index contributed by atoms with van der Waals surface area (Å²) in [5, 5.41) is 17.7. The summed E-state index contributed by atoms with van der Waals surface area (Å²) in [7, 11) is 0. The zero-order valence-electron chi connectivity index (χ0n) is 9.45. The molecule has 4 nitrogen and oxygen atoms in total. The predicted octanol–water partition coefficient (Wildman–Crippen LogP) is 0.394. The van der Waals surface area contributed by atoms with Crippen LogP contribution in [-0.4, -0.2) is 68.0 Å². The summed E-state index contributed by atoms with van der Waals surface area (Å²) in [6.45, 7) is 2.45. The molecule has 0 aliphatic heterocycles. The van der Waals surface area contributed by atoms with Crippen molar-refractivity contribution in [2.75, 3.05) is 39.4 Å². The highest BCUT2D eigenvalue weighted by atomic mass is 32.1. The van der Waals surface area contributed by atoms with Crippen molar-refractivity contribution in [3.63, 3.8) is 0 Å². The van der Waals surface area contributed by atoms with Gasteiger partial charge in [-0.2, -0.15) is 0 Å². The molecule has 0 aliphatic carbocycles. The Morgan fingerprint density at radius 1 is 0.824 bits per heavy atom. The van der Waals surface area contributed by atoms with Gasteiger partial charge in [0.2, 0.25) is 0 Å². The second kappa shape index (κ2) is 10.3. The number of aliphatic hydroxyl groups is 2. The molecule has 0 spiro atoms. The van der Waals surface area contributed by atoms with Gasteiger partial charge in [0.25, 0.3) is 0 Å². The molecule has 2 N–H and O–H groups in total. The van der Waals surface area contributed by atoms with Crippen LogP contribution in [0, 0.1) is 0 Å². The third kappa shape index (κ3) is 8.17. The van der Waals surface area contributed by atoms with E-state index in [1.54, 1.807) is 0 Å². The summed E-state index contributed by atoms with van der Waals surface area (Å²) in [6, 6.07) is 0. The van der Waals surface area contributed by atoms with Crippen molar-refractivity contribution < 1.29 is 10.2 Å². The quantitative estimate of drug-likeness (QED) is 0.384. The topological polar surface area (TPSA) is 46.9 Å². The fourth-order valence-electron chi connectivity index (χ4n) is 1.30. The Bertz CT molecular complexity index is 229. The van der Waals surface area contributed by atoms with Crippen molar-refractivity contribution in [3.05, 3.63) is 0 Å². The fraction of sp³-hybridized carbons (Fsp3) is 0.778. The van der Waals surface area contributed by atoms with E-state index in [1.165, 1.54) is 0 Å². The van der Waals surface area contributed by atoms with Crippen molar-refractivity contribution >= 4 is 58.3 Å². The maximum absolute atomic E-state index is 8.85. The maximum atomic E-state index is 8.85. The van der Waals surface area contributed by atoms with Gasteiger partial charge in [-0.15, -0.1) is 25.3 Å². The Labute approximate surface area is 124 Å². The summed E-state index contributed by atoms with van der Waals surface area (Å²) in [5.74, 6) is 0. The Morgan fingerprint density at radius 2 is 1.18 bits per heavy atom. The fourth-order valence-corrected chi connectivity index (χ4v) is 2.07. The minimum absolute atomic E-state index is 0.0477. The van der Waals surface area contributed by atoms with Gasteiger partial charge < -0.3 is 20.0 Å². The Balaban J connectivity index is 3.99. The Hall–Kier alpha value is 0.400. The molecule has 0 unspecified atom stereocenters. The predicted molar refractivity (Wildman–Crippen MR) is 85.1 cm³/mol. The largest absolute Gasteiger partial charge is 0.395 e. The molecule has 8 heteroatoms. The van der Waals surface area contributed by atoms with E-state index >= 15 is 0 Å². The first-order chi connectivity index (χ1) is 8.02. The number of nitrogens with zero attached hydrogens (tertiary/aromatic N) is 2. The van der Waals surface area contributed by atoms with E-state index < -0.39 is 0 Å². The van der Waals surface area contributed by atoms with E-state index in [-0.39, 0.29) is 13.2 Å². The second-order valence-electron chi connectivity index (χ2n) is 3.34. The zero-order valence-corrected chi connectivity index (χ0v) is 12.9. The van der Waals surface area contributed by atoms with Gasteiger partial charge in [-0.25, -0.2) is 0 Å². The van der Waals surface area contributed by atoms with Crippen LogP contribution in [0.4, 0.5) is 0 Å². The van der Waals surface area contributed by atoms with Crippen molar-refractivity contribution in [1.82, 2.24) is 9.80 Å². The molecule has 0 bridgehead atoms. The highest BCUT2D eigenvalue weighted by Crippen LogP contribution is 2.02. The number of hydrogen-bond donors (Lipinski definition) is 4. The van der Waals surface area contributed by atoms with Crippen LogP contribution < -0.4 is 0 Å². The minimum Gasteiger partial charge on any atom is -0.395 e. The average molecular weight is 315 g/mol. The first-order valence-electron chi connectivity index (χ1n) is 5.20. The van der Waals surface area contributed by atoms with Crippen LogP contribution >= 0.6 is 49.7 Å². The standard InChI is InChI=1S/C9H18N2O2S4/c12-6-4-10(8(14)15)2-1-3-11(5-7-13)9(16)17/h12-13H,1-7H2,(H,14,15)(H,16,17). The molecule has 0 rings (SSSR count). The molecule has 100 valence electrons. The van der Waals surface area contributed by atoms with Crippen molar-refractivity contribution in [3.8, 4) is 0 Å². The van der Waals surface area contributed by atoms with E-state index in [9.17, 15) is 0 Å². The lowest BCUT2D eigenvalue weighted by molar-refractivity contribution is 0.236. The molecule has 0 radical (unpaired) electrons. The molecule has 0 saturated heterocycles. The molecule has 0 fully saturated rings. The number of rotatable bonds is 8. The maximum Gasteiger partial charge on any atom is 0.133 e. The summed E-state index contributed by atoms with van der Waals surface area (Å²) < 4.78 is 0.947. The van der Waals surface area contributed by atoms with Crippen molar-refractivity contribution in [2.45, 2.75) is 6.42 Å². The first-order valence-corrected chi connectivity index (χ1v) is 6.91. The lowest BCUT2D eigenvalue weighted by Crippen LogP contribution is -2.35. The van der Waals surface area contributed by atoms with Crippen LogP contribution in [0.25, 0.3) is 0 Å². The number of hydrogen-bond acceptors (Lipinski definition) is 4. The van der Waals surface area contributed by atoms with Gasteiger partial charge >= 0.3 is 0 Å². The Kier molecular flexibility index (Phi) is 10.6. The number of thiocarbonyl (C=S) groups is 2. The molecule has 0 aromatic rings. The average Bonchev–Trinajstić information content (AvgIpc) is 2.26. The van der Waals surface area contributed by atoms with Gasteiger partial charge in [-0.1, -0.05) is 24.4 Å². The van der Waals surface area contributed by atoms with Gasteiger partial charge in [-0.3, -0.25) is 0 Å². The molecular formula is C9H18N2O2S4. The monoisotopic (exact) mass is 314 g/mol. The lowest BCUT2D eigenvalue weighted by atomic mass is 10.3. The van der Waals surface area contributed by atoms with Crippen LogP contribution in [0.15, 0.2) is 0 Å². The van der Waals surface area contributed by atoms with E-state index in [1.807, 2.05) is 9.80 Å². The van der Waals surface area contributed by atoms with Crippen molar-refractivity contribution in [1.29, 1.82) is 0 Å². The number of aliphatic hydroxyl groups excluding tert-OH is 2.